The number of urea groups is 1. The summed E-state index contributed by atoms with van der Waals surface area (Å²) < 4.78 is 27.9. The lowest BCUT2D eigenvalue weighted by Crippen LogP contribution is -2.34. The van der Waals surface area contributed by atoms with Crippen molar-refractivity contribution in [2.45, 2.75) is 6.04 Å². The molecule has 7 heteroatoms. The first kappa shape index (κ1) is 16.6. The predicted molar refractivity (Wildman–Crippen MR) is 90.0 cm³/mol. The topological polar surface area (TPSA) is 59.0 Å². The van der Waals surface area contributed by atoms with Crippen molar-refractivity contribution in [1.29, 1.82) is 0 Å². The molecule has 0 radical (unpaired) electrons. The summed E-state index contributed by atoms with van der Waals surface area (Å²) in [6.07, 6.45) is 3.37. The molecule has 3 rings (SSSR count). The molecule has 0 aliphatic carbocycles. The van der Waals surface area contributed by atoms with Crippen molar-refractivity contribution in [2.24, 2.45) is 7.05 Å². The predicted octanol–water partition coefficient (Wildman–Crippen LogP) is 3.61. The van der Waals surface area contributed by atoms with Crippen molar-refractivity contribution < 1.29 is 13.6 Å². The van der Waals surface area contributed by atoms with Crippen LogP contribution in [0.15, 0.2) is 60.9 Å². The van der Waals surface area contributed by atoms with E-state index >= 15 is 0 Å². The summed E-state index contributed by atoms with van der Waals surface area (Å²) in [6, 6.07) is 10.2. The van der Waals surface area contributed by atoms with Crippen LogP contribution in [-0.4, -0.2) is 15.6 Å². The maximum absolute atomic E-state index is 13.2. The molecule has 0 fully saturated rings. The number of hydrogen-bond donors (Lipinski definition) is 2. The fraction of sp³-hybridized carbons (Fsp3) is 0.111. The number of rotatable bonds is 4. The number of halogens is 2. The van der Waals surface area contributed by atoms with Gasteiger partial charge in [-0.25, -0.2) is 18.6 Å². The molecule has 3 aromatic rings. The quantitative estimate of drug-likeness (QED) is 0.761. The van der Waals surface area contributed by atoms with Crippen LogP contribution in [0.2, 0.25) is 0 Å². The van der Waals surface area contributed by atoms with Crippen molar-refractivity contribution in [3.63, 3.8) is 0 Å². The van der Waals surface area contributed by atoms with Crippen LogP contribution in [0.25, 0.3) is 0 Å². The van der Waals surface area contributed by atoms with Gasteiger partial charge in [-0.2, -0.15) is 0 Å². The molecule has 5 nitrogen and oxygen atoms in total. The molecule has 0 saturated heterocycles. The third-order valence-electron chi connectivity index (χ3n) is 3.70. The van der Waals surface area contributed by atoms with Gasteiger partial charge in [-0.15, -0.1) is 0 Å². The summed E-state index contributed by atoms with van der Waals surface area (Å²) >= 11 is 0. The summed E-state index contributed by atoms with van der Waals surface area (Å²) in [5.74, 6) is -0.151. The summed E-state index contributed by atoms with van der Waals surface area (Å²) in [4.78, 5) is 16.6. The Balaban J connectivity index is 1.82. The second-order valence-corrected chi connectivity index (χ2v) is 5.49. The first-order chi connectivity index (χ1) is 12.0. The SMILES string of the molecule is Cn1ccnc1[C@H](NC(=O)Nc1ccc(F)cc1)c1ccc(F)cc1. The summed E-state index contributed by atoms with van der Waals surface area (Å²) in [6.45, 7) is 0. The third kappa shape index (κ3) is 4.00. The number of anilines is 1. The number of hydrogen-bond acceptors (Lipinski definition) is 2. The molecule has 0 aliphatic heterocycles. The van der Waals surface area contributed by atoms with Gasteiger partial charge in [0.1, 0.15) is 23.5 Å². The molecule has 0 saturated carbocycles. The minimum Gasteiger partial charge on any atom is -0.336 e. The fourth-order valence-electron chi connectivity index (χ4n) is 2.44. The van der Waals surface area contributed by atoms with Gasteiger partial charge in [-0.05, 0) is 42.0 Å². The summed E-state index contributed by atoms with van der Waals surface area (Å²) in [5.41, 5.74) is 1.14. The molecule has 2 N–H and O–H groups in total. The van der Waals surface area contributed by atoms with Crippen LogP contribution in [0.5, 0.6) is 0 Å². The number of nitrogens with one attached hydrogen (secondary N) is 2. The van der Waals surface area contributed by atoms with Crippen LogP contribution >= 0.6 is 0 Å². The minimum atomic E-state index is -0.568. The van der Waals surface area contributed by atoms with Crippen LogP contribution in [-0.2, 0) is 7.05 Å². The first-order valence-electron chi connectivity index (χ1n) is 7.59. The first-order valence-corrected chi connectivity index (χ1v) is 7.59. The van der Waals surface area contributed by atoms with Gasteiger partial charge in [0, 0.05) is 25.1 Å². The molecule has 1 aromatic heterocycles. The Morgan fingerprint density at radius 2 is 1.64 bits per heavy atom. The van der Waals surface area contributed by atoms with Crippen LogP contribution in [0.4, 0.5) is 19.3 Å². The van der Waals surface area contributed by atoms with E-state index in [0.717, 1.165) is 0 Å². The Hall–Kier alpha value is -3.22. The maximum atomic E-state index is 13.2. The zero-order chi connectivity index (χ0) is 17.8. The van der Waals surface area contributed by atoms with E-state index in [1.54, 1.807) is 36.1 Å². The average Bonchev–Trinajstić information content (AvgIpc) is 3.01. The zero-order valence-corrected chi connectivity index (χ0v) is 13.4. The molecule has 25 heavy (non-hydrogen) atoms. The van der Waals surface area contributed by atoms with E-state index in [9.17, 15) is 13.6 Å². The van der Waals surface area contributed by atoms with E-state index in [4.69, 9.17) is 0 Å². The Labute approximate surface area is 143 Å². The molecule has 2 amide bonds. The molecular weight excluding hydrogens is 326 g/mol. The van der Waals surface area contributed by atoms with Gasteiger partial charge in [-0.3, -0.25) is 0 Å². The highest BCUT2D eigenvalue weighted by molar-refractivity contribution is 5.89. The minimum absolute atomic E-state index is 0.363. The van der Waals surface area contributed by atoms with Gasteiger partial charge in [0.2, 0.25) is 0 Å². The number of carbonyl (C=O) groups excluding carboxylic acids is 1. The molecule has 0 aliphatic rings. The Morgan fingerprint density at radius 3 is 2.20 bits per heavy atom. The van der Waals surface area contributed by atoms with Gasteiger partial charge in [-0.1, -0.05) is 12.1 Å². The molecule has 0 unspecified atom stereocenters. The monoisotopic (exact) mass is 342 g/mol. The second kappa shape index (κ2) is 7.12. The van der Waals surface area contributed by atoms with E-state index in [1.165, 1.54) is 36.4 Å². The lowest BCUT2D eigenvalue weighted by atomic mass is 10.1. The van der Waals surface area contributed by atoms with Crippen LogP contribution in [0.1, 0.15) is 17.4 Å². The normalized spacial score (nSPS) is 11.8. The number of nitrogens with zero attached hydrogens (tertiary/aromatic N) is 2. The van der Waals surface area contributed by atoms with Crippen molar-refractivity contribution in [3.05, 3.63) is 83.9 Å². The number of imidazole rings is 1. The molecule has 1 heterocycles. The highest BCUT2D eigenvalue weighted by Gasteiger charge is 2.20. The smallest absolute Gasteiger partial charge is 0.320 e. The summed E-state index contributed by atoms with van der Waals surface area (Å²) in [5, 5.41) is 5.44. The number of benzene rings is 2. The largest absolute Gasteiger partial charge is 0.336 e. The highest BCUT2D eigenvalue weighted by atomic mass is 19.1. The van der Waals surface area contributed by atoms with E-state index in [-0.39, 0.29) is 11.6 Å². The standard InChI is InChI=1S/C18H16F2N4O/c1-24-11-10-21-17(24)16(12-2-4-13(19)5-3-12)23-18(25)22-15-8-6-14(20)7-9-15/h2-11,16H,1H3,(H2,22,23,25)/t16-/m1/s1. The average molecular weight is 342 g/mol. The lowest BCUT2D eigenvalue weighted by Gasteiger charge is -2.19. The number of aromatic nitrogens is 2. The number of amides is 2. The Bertz CT molecular complexity index is 860. The van der Waals surface area contributed by atoms with Crippen LogP contribution in [0.3, 0.4) is 0 Å². The Kier molecular flexibility index (Phi) is 4.74. The van der Waals surface area contributed by atoms with Crippen LogP contribution < -0.4 is 10.6 Å². The zero-order valence-electron chi connectivity index (χ0n) is 13.4. The van der Waals surface area contributed by atoms with Crippen LogP contribution in [0, 0.1) is 11.6 Å². The van der Waals surface area contributed by atoms with Crippen molar-refractivity contribution in [1.82, 2.24) is 14.9 Å². The molecular formula is C18H16F2N4O. The molecule has 2 aromatic carbocycles. The highest BCUT2D eigenvalue weighted by Crippen LogP contribution is 2.21. The van der Waals surface area contributed by atoms with E-state index in [1.807, 2.05) is 0 Å². The van der Waals surface area contributed by atoms with E-state index in [0.29, 0.717) is 17.1 Å². The van der Waals surface area contributed by atoms with Gasteiger partial charge in [0.15, 0.2) is 0 Å². The van der Waals surface area contributed by atoms with Crippen molar-refractivity contribution >= 4 is 11.7 Å². The van der Waals surface area contributed by atoms with Gasteiger partial charge in [0.05, 0.1) is 0 Å². The number of carbonyl (C=O) groups is 1. The van der Waals surface area contributed by atoms with Gasteiger partial charge < -0.3 is 15.2 Å². The summed E-state index contributed by atoms with van der Waals surface area (Å²) in [7, 11) is 1.80. The molecule has 0 bridgehead atoms. The number of aryl methyl sites for hydroxylation is 1. The van der Waals surface area contributed by atoms with Crippen molar-refractivity contribution in [2.75, 3.05) is 5.32 Å². The lowest BCUT2D eigenvalue weighted by molar-refractivity contribution is 0.249. The van der Waals surface area contributed by atoms with Gasteiger partial charge in [0.25, 0.3) is 0 Å². The molecule has 128 valence electrons. The maximum Gasteiger partial charge on any atom is 0.320 e. The fourth-order valence-corrected chi connectivity index (χ4v) is 2.44. The molecule has 0 spiro atoms. The van der Waals surface area contributed by atoms with Crippen molar-refractivity contribution in [3.8, 4) is 0 Å². The molecule has 1 atom stereocenters. The third-order valence-corrected chi connectivity index (χ3v) is 3.70. The van der Waals surface area contributed by atoms with E-state index < -0.39 is 12.1 Å². The Morgan fingerprint density at radius 1 is 1.04 bits per heavy atom. The van der Waals surface area contributed by atoms with Gasteiger partial charge >= 0.3 is 6.03 Å². The van der Waals surface area contributed by atoms with E-state index in [2.05, 4.69) is 15.6 Å². The second-order valence-electron chi connectivity index (χ2n) is 5.49.